The Labute approximate surface area is 176 Å². The average Bonchev–Trinajstić information content (AvgIpc) is 3.10. The normalized spacial score (nSPS) is 11.8. The van der Waals surface area contributed by atoms with Gasteiger partial charge in [0.15, 0.2) is 0 Å². The van der Waals surface area contributed by atoms with Gasteiger partial charge in [-0.3, -0.25) is 4.79 Å². The van der Waals surface area contributed by atoms with Crippen LogP contribution in [0.3, 0.4) is 0 Å². The zero-order valence-electron chi connectivity index (χ0n) is 17.6. The van der Waals surface area contributed by atoms with E-state index in [0.717, 1.165) is 22.1 Å². The zero-order chi connectivity index (χ0) is 21.9. The molecule has 0 radical (unpaired) electrons. The summed E-state index contributed by atoms with van der Waals surface area (Å²) in [6.45, 7) is 6.26. The van der Waals surface area contributed by atoms with Crippen LogP contribution in [0.25, 0.3) is 11.0 Å². The van der Waals surface area contributed by atoms with Crippen LogP contribution in [0.15, 0.2) is 52.0 Å². The van der Waals surface area contributed by atoms with E-state index in [-0.39, 0.29) is 17.2 Å². The van der Waals surface area contributed by atoms with Crippen LogP contribution in [0.2, 0.25) is 0 Å². The third-order valence-electron chi connectivity index (χ3n) is 4.95. The molecule has 1 amide bonds. The third-order valence-corrected chi connectivity index (χ3v) is 7.00. The number of hydrogen-bond acceptors (Lipinski definition) is 5. The van der Waals surface area contributed by atoms with E-state index in [1.165, 1.54) is 23.5 Å². The van der Waals surface area contributed by atoms with Crippen molar-refractivity contribution in [3.8, 4) is 5.75 Å². The third kappa shape index (κ3) is 4.34. The van der Waals surface area contributed by atoms with Crippen LogP contribution >= 0.6 is 0 Å². The van der Waals surface area contributed by atoms with Crippen molar-refractivity contribution in [2.75, 3.05) is 25.5 Å². The topological polar surface area (TPSA) is 88.9 Å². The van der Waals surface area contributed by atoms with Crippen molar-refractivity contribution in [2.45, 2.75) is 32.1 Å². The van der Waals surface area contributed by atoms with Gasteiger partial charge in [-0.2, -0.15) is 4.31 Å². The van der Waals surface area contributed by atoms with Gasteiger partial charge >= 0.3 is 0 Å². The Morgan fingerprint density at radius 3 is 2.53 bits per heavy atom. The number of carbonyl (C=O) groups is 1. The first-order chi connectivity index (χ1) is 14.3. The summed E-state index contributed by atoms with van der Waals surface area (Å²) in [7, 11) is -2.19. The fourth-order valence-electron chi connectivity index (χ4n) is 3.35. The van der Waals surface area contributed by atoms with Crippen molar-refractivity contribution < 1.29 is 22.4 Å². The van der Waals surface area contributed by atoms with E-state index in [1.807, 2.05) is 25.1 Å². The highest BCUT2D eigenvalue weighted by Gasteiger charge is 2.23. The molecular formula is C22H26N2O5S. The molecule has 3 rings (SSSR count). The van der Waals surface area contributed by atoms with Crippen molar-refractivity contribution >= 4 is 32.6 Å². The summed E-state index contributed by atoms with van der Waals surface area (Å²) >= 11 is 0. The number of carbonyl (C=O) groups excluding carboxylic acids is 1. The molecule has 3 aromatic rings. The summed E-state index contributed by atoms with van der Waals surface area (Å²) in [5.74, 6) is 0.0866. The van der Waals surface area contributed by atoms with Crippen LogP contribution in [0.1, 0.15) is 25.0 Å². The van der Waals surface area contributed by atoms with Gasteiger partial charge in [0.05, 0.1) is 30.4 Å². The first kappa shape index (κ1) is 21.9. The number of nitrogens with zero attached hydrogens (tertiary/aromatic N) is 1. The lowest BCUT2D eigenvalue weighted by atomic mass is 10.1. The number of benzene rings is 2. The van der Waals surface area contributed by atoms with Gasteiger partial charge in [0.2, 0.25) is 15.9 Å². The van der Waals surface area contributed by atoms with E-state index in [9.17, 15) is 13.2 Å². The molecule has 0 aliphatic heterocycles. The lowest BCUT2D eigenvalue weighted by molar-refractivity contribution is -0.115. The van der Waals surface area contributed by atoms with Crippen molar-refractivity contribution in [3.05, 3.63) is 53.8 Å². The molecule has 0 aliphatic rings. The number of rotatable bonds is 8. The Kier molecular flexibility index (Phi) is 6.48. The number of ether oxygens (including phenoxy) is 1. The molecule has 0 fully saturated rings. The maximum atomic E-state index is 12.8. The average molecular weight is 431 g/mol. The largest absolute Gasteiger partial charge is 0.495 e. The Balaban J connectivity index is 1.86. The first-order valence-corrected chi connectivity index (χ1v) is 11.2. The summed E-state index contributed by atoms with van der Waals surface area (Å²) in [6.07, 6.45) is 1.66. The predicted octanol–water partition coefficient (Wildman–Crippen LogP) is 3.96. The van der Waals surface area contributed by atoms with Gasteiger partial charge in [-0.05, 0) is 36.8 Å². The molecule has 8 heteroatoms. The number of sulfonamides is 1. The van der Waals surface area contributed by atoms with E-state index in [0.29, 0.717) is 24.5 Å². The second-order valence-corrected chi connectivity index (χ2v) is 8.87. The highest BCUT2D eigenvalue weighted by Crippen LogP contribution is 2.30. The Morgan fingerprint density at radius 1 is 1.13 bits per heavy atom. The number of anilines is 1. The molecule has 160 valence electrons. The van der Waals surface area contributed by atoms with E-state index in [1.54, 1.807) is 26.2 Å². The van der Waals surface area contributed by atoms with E-state index >= 15 is 0 Å². The molecule has 7 nitrogen and oxygen atoms in total. The predicted molar refractivity (Wildman–Crippen MR) is 116 cm³/mol. The monoisotopic (exact) mass is 430 g/mol. The van der Waals surface area contributed by atoms with E-state index < -0.39 is 10.0 Å². The maximum Gasteiger partial charge on any atom is 0.243 e. The van der Waals surface area contributed by atoms with Crippen LogP contribution in [0.5, 0.6) is 5.75 Å². The molecule has 0 bridgehead atoms. The minimum Gasteiger partial charge on any atom is -0.495 e. The minimum absolute atomic E-state index is 0.0895. The highest BCUT2D eigenvalue weighted by atomic mass is 32.2. The molecular weight excluding hydrogens is 404 g/mol. The quantitative estimate of drug-likeness (QED) is 0.584. The second kappa shape index (κ2) is 8.89. The summed E-state index contributed by atoms with van der Waals surface area (Å²) in [5, 5.41) is 3.65. The molecule has 0 saturated heterocycles. The fourth-order valence-corrected chi connectivity index (χ4v) is 4.84. The van der Waals surface area contributed by atoms with Crippen LogP contribution < -0.4 is 10.1 Å². The smallest absolute Gasteiger partial charge is 0.243 e. The molecule has 0 spiro atoms. The lowest BCUT2D eigenvalue weighted by Gasteiger charge is -2.19. The summed E-state index contributed by atoms with van der Waals surface area (Å²) < 4.78 is 37.9. The van der Waals surface area contributed by atoms with Gasteiger partial charge in [0.1, 0.15) is 11.3 Å². The van der Waals surface area contributed by atoms with Crippen LogP contribution in [0.4, 0.5) is 5.69 Å². The first-order valence-electron chi connectivity index (χ1n) is 9.74. The standard InChI is InChI=1S/C22H26N2O5S/c1-5-24(6-2)30(26,27)17-8-10-20(28-4)19(13-17)23-22(25)12-16-14-29-21-11-15(3)7-9-18(16)21/h7-11,13-14H,5-6,12H2,1-4H3,(H,23,25). The molecule has 1 N–H and O–H groups in total. The highest BCUT2D eigenvalue weighted by molar-refractivity contribution is 7.89. The van der Waals surface area contributed by atoms with Crippen LogP contribution in [0, 0.1) is 6.92 Å². The van der Waals surface area contributed by atoms with Gasteiger partial charge in [-0.25, -0.2) is 8.42 Å². The van der Waals surface area contributed by atoms with Crippen molar-refractivity contribution in [3.63, 3.8) is 0 Å². The maximum absolute atomic E-state index is 12.8. The number of amides is 1. The number of nitrogens with one attached hydrogen (secondary N) is 1. The molecule has 1 heterocycles. The van der Waals surface area contributed by atoms with E-state index in [4.69, 9.17) is 9.15 Å². The number of methoxy groups -OCH3 is 1. The van der Waals surface area contributed by atoms with Crippen LogP contribution in [-0.2, 0) is 21.2 Å². The van der Waals surface area contributed by atoms with Crippen molar-refractivity contribution in [2.24, 2.45) is 0 Å². The van der Waals surface area contributed by atoms with Gasteiger partial charge in [0.25, 0.3) is 0 Å². The molecule has 0 saturated carbocycles. The van der Waals surface area contributed by atoms with Crippen LogP contribution in [-0.4, -0.2) is 38.8 Å². The SMILES string of the molecule is CCN(CC)S(=O)(=O)c1ccc(OC)c(NC(=O)Cc2coc3cc(C)ccc23)c1. The van der Waals surface area contributed by atoms with Gasteiger partial charge < -0.3 is 14.5 Å². The molecule has 0 atom stereocenters. The molecule has 30 heavy (non-hydrogen) atoms. The Morgan fingerprint density at radius 2 is 1.87 bits per heavy atom. The fraction of sp³-hybridized carbons (Fsp3) is 0.318. The lowest BCUT2D eigenvalue weighted by Crippen LogP contribution is -2.30. The molecule has 2 aromatic carbocycles. The second-order valence-electron chi connectivity index (χ2n) is 6.94. The zero-order valence-corrected chi connectivity index (χ0v) is 18.4. The minimum atomic E-state index is -3.66. The number of furan rings is 1. The van der Waals surface area contributed by atoms with E-state index in [2.05, 4.69) is 5.32 Å². The molecule has 0 aliphatic carbocycles. The van der Waals surface area contributed by atoms with Crippen molar-refractivity contribution in [1.29, 1.82) is 0 Å². The Bertz CT molecular complexity index is 1160. The number of hydrogen-bond donors (Lipinski definition) is 1. The molecule has 0 unspecified atom stereocenters. The summed E-state index contributed by atoms with van der Waals surface area (Å²) in [5.41, 5.74) is 2.86. The Hall–Kier alpha value is -2.84. The number of fused-ring (bicyclic) bond motifs is 1. The van der Waals surface area contributed by atoms with Gasteiger partial charge in [-0.15, -0.1) is 0 Å². The molecule has 1 aromatic heterocycles. The number of aryl methyl sites for hydroxylation is 1. The summed E-state index contributed by atoms with van der Waals surface area (Å²) in [6, 6.07) is 10.3. The van der Waals surface area contributed by atoms with Gasteiger partial charge in [0, 0.05) is 24.0 Å². The summed E-state index contributed by atoms with van der Waals surface area (Å²) in [4.78, 5) is 12.8. The van der Waals surface area contributed by atoms with Crippen molar-refractivity contribution in [1.82, 2.24) is 4.31 Å². The van der Waals surface area contributed by atoms with Gasteiger partial charge in [-0.1, -0.05) is 26.0 Å².